The van der Waals surface area contributed by atoms with Crippen molar-refractivity contribution in [2.75, 3.05) is 13.1 Å². The Morgan fingerprint density at radius 2 is 1.91 bits per heavy atom. The highest BCUT2D eigenvalue weighted by Crippen LogP contribution is 2.11. The lowest BCUT2D eigenvalue weighted by Gasteiger charge is -2.19. The molecule has 5 nitrogen and oxygen atoms in total. The van der Waals surface area contributed by atoms with E-state index in [0.29, 0.717) is 12.6 Å². The Morgan fingerprint density at radius 3 is 2.52 bits per heavy atom. The normalized spacial score (nSPS) is 14.6. The van der Waals surface area contributed by atoms with Crippen LogP contribution in [0, 0.1) is 5.92 Å². The lowest BCUT2D eigenvalue weighted by molar-refractivity contribution is 0.187. The van der Waals surface area contributed by atoms with E-state index in [0.717, 1.165) is 30.4 Å². The second-order valence-electron chi connectivity index (χ2n) is 6.39. The average Bonchev–Trinajstić information content (AvgIpc) is 2.53. The highest BCUT2D eigenvalue weighted by molar-refractivity contribution is 5.80. The molecule has 3 N–H and O–H groups in total. The molecule has 0 radical (unpaired) electrons. The van der Waals surface area contributed by atoms with Gasteiger partial charge < -0.3 is 15.7 Å². The van der Waals surface area contributed by atoms with Crippen LogP contribution in [-0.2, 0) is 0 Å². The second-order valence-corrected chi connectivity index (χ2v) is 6.39. The zero-order valence-electron chi connectivity index (χ0n) is 14.9. The molecule has 0 spiro atoms. The third-order valence-electron chi connectivity index (χ3n) is 3.66. The van der Waals surface area contributed by atoms with Crippen LogP contribution < -0.4 is 10.6 Å². The molecule has 2 atom stereocenters. The van der Waals surface area contributed by atoms with E-state index >= 15 is 0 Å². The molecule has 1 aromatic rings. The topological polar surface area (TPSA) is 69.5 Å². The molecule has 0 fully saturated rings. The van der Waals surface area contributed by atoms with Crippen molar-refractivity contribution >= 4 is 5.96 Å². The van der Waals surface area contributed by atoms with Gasteiger partial charge in [-0.3, -0.25) is 9.98 Å². The molecule has 0 aliphatic carbocycles. The van der Waals surface area contributed by atoms with Gasteiger partial charge in [0.25, 0.3) is 0 Å². The fourth-order valence-electron chi connectivity index (χ4n) is 2.33. The van der Waals surface area contributed by atoms with E-state index in [4.69, 9.17) is 0 Å². The number of pyridine rings is 1. The van der Waals surface area contributed by atoms with E-state index in [2.05, 4.69) is 41.4 Å². The van der Waals surface area contributed by atoms with Gasteiger partial charge in [0.05, 0.1) is 12.6 Å². The first-order valence-corrected chi connectivity index (χ1v) is 8.65. The Morgan fingerprint density at radius 1 is 1.22 bits per heavy atom. The van der Waals surface area contributed by atoms with Crippen LogP contribution in [0.5, 0.6) is 0 Å². The Kier molecular flexibility index (Phi) is 9.29. The third-order valence-corrected chi connectivity index (χ3v) is 3.66. The number of guanidine groups is 1. The van der Waals surface area contributed by atoms with Crippen LogP contribution in [0.25, 0.3) is 0 Å². The molecule has 130 valence electrons. The van der Waals surface area contributed by atoms with Gasteiger partial charge in [0.1, 0.15) is 0 Å². The van der Waals surface area contributed by atoms with Crippen molar-refractivity contribution in [2.24, 2.45) is 10.9 Å². The van der Waals surface area contributed by atoms with Crippen LogP contribution >= 0.6 is 0 Å². The fourth-order valence-corrected chi connectivity index (χ4v) is 2.33. The third kappa shape index (κ3) is 8.55. The van der Waals surface area contributed by atoms with Gasteiger partial charge in [0.15, 0.2) is 5.96 Å². The van der Waals surface area contributed by atoms with Gasteiger partial charge >= 0.3 is 0 Å². The Bertz CT molecular complexity index is 448. The molecular formula is C18H32N4O. The van der Waals surface area contributed by atoms with E-state index in [1.54, 1.807) is 12.4 Å². The van der Waals surface area contributed by atoms with E-state index in [1.165, 1.54) is 12.8 Å². The molecule has 0 bridgehead atoms. The van der Waals surface area contributed by atoms with Gasteiger partial charge in [0.2, 0.25) is 0 Å². The van der Waals surface area contributed by atoms with Crippen molar-refractivity contribution in [1.82, 2.24) is 15.6 Å². The van der Waals surface area contributed by atoms with E-state index in [9.17, 15) is 5.11 Å². The molecule has 0 saturated heterocycles. The maximum Gasteiger partial charge on any atom is 0.191 e. The van der Waals surface area contributed by atoms with Crippen molar-refractivity contribution in [2.45, 2.75) is 59.1 Å². The molecule has 1 heterocycles. The molecule has 0 amide bonds. The lowest BCUT2D eigenvalue weighted by atomic mass is 10.0. The van der Waals surface area contributed by atoms with E-state index in [-0.39, 0.29) is 0 Å². The summed E-state index contributed by atoms with van der Waals surface area (Å²) in [6.45, 7) is 9.86. The van der Waals surface area contributed by atoms with Gasteiger partial charge in [-0.15, -0.1) is 0 Å². The number of aromatic nitrogens is 1. The first-order chi connectivity index (χ1) is 11.0. The van der Waals surface area contributed by atoms with Crippen LogP contribution in [0.2, 0.25) is 0 Å². The van der Waals surface area contributed by atoms with Gasteiger partial charge in [-0.2, -0.15) is 0 Å². The van der Waals surface area contributed by atoms with Crippen LogP contribution in [0.4, 0.5) is 0 Å². The van der Waals surface area contributed by atoms with Gasteiger partial charge in [-0.05, 0) is 43.9 Å². The number of rotatable bonds is 9. The summed E-state index contributed by atoms with van der Waals surface area (Å²) >= 11 is 0. The fraction of sp³-hybridized carbons (Fsp3) is 0.667. The highest BCUT2D eigenvalue weighted by atomic mass is 16.3. The Hall–Kier alpha value is -1.62. The zero-order chi connectivity index (χ0) is 17.1. The molecule has 5 heteroatoms. The molecule has 0 aliphatic heterocycles. The number of nitrogens with zero attached hydrogens (tertiary/aromatic N) is 2. The quantitative estimate of drug-likeness (QED) is 0.483. The van der Waals surface area contributed by atoms with Gasteiger partial charge in [0, 0.05) is 25.0 Å². The van der Waals surface area contributed by atoms with Gasteiger partial charge in [-0.1, -0.05) is 26.7 Å². The van der Waals surface area contributed by atoms with Crippen LogP contribution in [0.15, 0.2) is 29.5 Å². The Balaban J connectivity index is 2.49. The monoisotopic (exact) mass is 320 g/mol. The summed E-state index contributed by atoms with van der Waals surface area (Å²) in [4.78, 5) is 8.46. The Labute approximate surface area is 140 Å². The summed E-state index contributed by atoms with van der Waals surface area (Å²) < 4.78 is 0. The molecule has 0 aliphatic rings. The summed E-state index contributed by atoms with van der Waals surface area (Å²) in [5, 5.41) is 16.8. The number of aliphatic hydroxyl groups excluding tert-OH is 1. The summed E-state index contributed by atoms with van der Waals surface area (Å²) in [6, 6.07) is 3.99. The lowest BCUT2D eigenvalue weighted by Crippen LogP contribution is -2.42. The molecular weight excluding hydrogens is 288 g/mol. The number of hydrogen-bond acceptors (Lipinski definition) is 3. The van der Waals surface area contributed by atoms with Crippen molar-refractivity contribution in [1.29, 1.82) is 0 Å². The molecule has 1 rings (SSSR count). The largest absolute Gasteiger partial charge is 0.386 e. The van der Waals surface area contributed by atoms with Crippen molar-refractivity contribution in [3.05, 3.63) is 30.1 Å². The van der Waals surface area contributed by atoms with E-state index < -0.39 is 6.10 Å². The summed E-state index contributed by atoms with van der Waals surface area (Å²) in [7, 11) is 0. The van der Waals surface area contributed by atoms with Crippen molar-refractivity contribution in [3.8, 4) is 0 Å². The van der Waals surface area contributed by atoms with Crippen LogP contribution in [0.1, 0.15) is 58.6 Å². The predicted molar refractivity (Wildman–Crippen MR) is 96.5 cm³/mol. The second kappa shape index (κ2) is 11.0. The summed E-state index contributed by atoms with van der Waals surface area (Å²) in [6.07, 6.45) is 6.34. The zero-order valence-corrected chi connectivity index (χ0v) is 14.9. The predicted octanol–water partition coefficient (Wildman–Crippen LogP) is 2.88. The highest BCUT2D eigenvalue weighted by Gasteiger charge is 2.09. The molecule has 0 saturated carbocycles. The van der Waals surface area contributed by atoms with E-state index in [1.807, 2.05) is 19.1 Å². The SMILES string of the molecule is CCNC(=NCC(O)c1ccncc1)NC(C)CCCC(C)C. The molecule has 23 heavy (non-hydrogen) atoms. The summed E-state index contributed by atoms with van der Waals surface area (Å²) in [5.41, 5.74) is 0.838. The van der Waals surface area contributed by atoms with Gasteiger partial charge in [-0.25, -0.2) is 0 Å². The number of nitrogens with one attached hydrogen (secondary N) is 2. The minimum absolute atomic E-state index is 0.331. The maximum absolute atomic E-state index is 10.2. The smallest absolute Gasteiger partial charge is 0.191 e. The molecule has 0 aromatic carbocycles. The minimum Gasteiger partial charge on any atom is -0.386 e. The minimum atomic E-state index is -0.607. The number of aliphatic hydroxyl groups is 1. The molecule has 1 aromatic heterocycles. The average molecular weight is 320 g/mol. The van der Waals surface area contributed by atoms with Crippen molar-refractivity contribution < 1.29 is 5.11 Å². The first-order valence-electron chi connectivity index (χ1n) is 8.65. The first kappa shape index (κ1) is 19.4. The van der Waals surface area contributed by atoms with Crippen molar-refractivity contribution in [3.63, 3.8) is 0 Å². The maximum atomic E-state index is 10.2. The molecule has 2 unspecified atom stereocenters. The number of hydrogen-bond donors (Lipinski definition) is 3. The standard InChI is InChI=1S/C18H32N4O/c1-5-20-18(22-15(4)8-6-7-14(2)3)21-13-17(23)16-9-11-19-12-10-16/h9-12,14-15,17,23H,5-8,13H2,1-4H3,(H2,20,21,22). The summed E-state index contributed by atoms with van der Waals surface area (Å²) in [5.74, 6) is 1.51. The number of aliphatic imine (C=N–C) groups is 1. The van der Waals surface area contributed by atoms with Crippen LogP contribution in [0.3, 0.4) is 0 Å². The van der Waals surface area contributed by atoms with Crippen LogP contribution in [-0.4, -0.2) is 35.2 Å².